The number of ether oxygens (including phenoxy) is 6. The summed E-state index contributed by atoms with van der Waals surface area (Å²) < 4.78 is 33.4. The van der Waals surface area contributed by atoms with Crippen molar-refractivity contribution in [3.63, 3.8) is 0 Å². The van der Waals surface area contributed by atoms with Gasteiger partial charge in [-0.3, -0.25) is 10.6 Å². The molecule has 0 bridgehead atoms. The van der Waals surface area contributed by atoms with Crippen LogP contribution >= 0.6 is 0 Å². The highest BCUT2D eigenvalue weighted by atomic mass is 16.7. The van der Waals surface area contributed by atoms with E-state index < -0.39 is 24.0 Å². The molecule has 0 saturated carbocycles. The molecule has 4 rings (SSSR count). The number of carbonyl (C=O) groups is 2. The van der Waals surface area contributed by atoms with Crippen molar-refractivity contribution in [3.8, 4) is 11.5 Å². The van der Waals surface area contributed by atoms with Crippen molar-refractivity contribution in [2.75, 3.05) is 20.3 Å². The van der Waals surface area contributed by atoms with Crippen molar-refractivity contribution in [1.29, 1.82) is 0 Å². The van der Waals surface area contributed by atoms with Gasteiger partial charge in [-0.1, -0.05) is 72.8 Å². The van der Waals surface area contributed by atoms with E-state index in [9.17, 15) is 9.59 Å². The minimum absolute atomic E-state index is 0.0340. The predicted octanol–water partition coefficient (Wildman–Crippen LogP) is 5.75. The fourth-order valence-electron chi connectivity index (χ4n) is 4.21. The Hall–Kier alpha value is -4.87. The Kier molecular flexibility index (Phi) is 12.4. The minimum atomic E-state index is -0.799. The molecule has 0 unspecified atom stereocenters. The molecule has 11 heteroatoms. The number of guanidine groups is 1. The summed E-state index contributed by atoms with van der Waals surface area (Å²) >= 11 is 0. The predicted molar refractivity (Wildman–Crippen MR) is 168 cm³/mol. The molecule has 45 heavy (non-hydrogen) atoms. The van der Waals surface area contributed by atoms with Crippen LogP contribution < -0.4 is 20.1 Å². The quantitative estimate of drug-likeness (QED) is 0.150. The molecule has 0 aromatic heterocycles. The van der Waals surface area contributed by atoms with E-state index >= 15 is 0 Å². The van der Waals surface area contributed by atoms with E-state index in [1.165, 1.54) is 0 Å². The van der Waals surface area contributed by atoms with Gasteiger partial charge in [0.05, 0.1) is 26.4 Å². The lowest BCUT2D eigenvalue weighted by atomic mass is 10.2. The van der Waals surface area contributed by atoms with Crippen molar-refractivity contribution in [2.45, 2.75) is 51.4 Å². The SMILES string of the molecule is COc1ccc(OCC[C@@H](/C=C/[C@H]2COC(C)(C)O2)N=C(NC(=O)OCc2ccccc2)NC(=O)OCc2ccccc2)cc1. The van der Waals surface area contributed by atoms with E-state index in [1.54, 1.807) is 31.4 Å². The number of amides is 2. The fraction of sp³-hybridized carbons (Fsp3) is 0.324. The Labute approximate surface area is 263 Å². The lowest BCUT2D eigenvalue weighted by Crippen LogP contribution is -2.45. The first-order chi connectivity index (χ1) is 21.8. The van der Waals surface area contributed by atoms with Gasteiger partial charge in [0, 0.05) is 6.42 Å². The topological polar surface area (TPSA) is 126 Å². The van der Waals surface area contributed by atoms with Crippen molar-refractivity contribution >= 4 is 18.1 Å². The zero-order valence-electron chi connectivity index (χ0n) is 25.6. The van der Waals surface area contributed by atoms with Gasteiger partial charge in [-0.2, -0.15) is 0 Å². The molecule has 0 radical (unpaired) electrons. The van der Waals surface area contributed by atoms with E-state index in [2.05, 4.69) is 15.6 Å². The molecule has 0 spiro atoms. The molecule has 1 heterocycles. The van der Waals surface area contributed by atoms with Crippen LogP contribution in [0.4, 0.5) is 9.59 Å². The van der Waals surface area contributed by atoms with Crippen LogP contribution in [0.3, 0.4) is 0 Å². The molecule has 1 aliphatic heterocycles. The Morgan fingerprint density at radius 3 is 1.96 bits per heavy atom. The van der Waals surface area contributed by atoms with Gasteiger partial charge in [-0.15, -0.1) is 0 Å². The van der Waals surface area contributed by atoms with Gasteiger partial charge in [0.25, 0.3) is 0 Å². The Morgan fingerprint density at radius 1 is 0.889 bits per heavy atom. The maximum Gasteiger partial charge on any atom is 0.414 e. The van der Waals surface area contributed by atoms with Crippen LogP contribution in [0.1, 0.15) is 31.4 Å². The summed E-state index contributed by atoms with van der Waals surface area (Å²) in [5.41, 5.74) is 1.61. The average Bonchev–Trinajstić information content (AvgIpc) is 3.41. The Balaban J connectivity index is 1.48. The molecule has 238 valence electrons. The van der Waals surface area contributed by atoms with Gasteiger partial charge >= 0.3 is 12.2 Å². The van der Waals surface area contributed by atoms with Gasteiger partial charge in [-0.25, -0.2) is 14.6 Å². The van der Waals surface area contributed by atoms with Crippen LogP contribution in [0, 0.1) is 0 Å². The van der Waals surface area contributed by atoms with Gasteiger partial charge in [-0.05, 0) is 49.2 Å². The molecule has 2 amide bonds. The lowest BCUT2D eigenvalue weighted by Gasteiger charge is -2.17. The van der Waals surface area contributed by atoms with E-state index in [1.807, 2.05) is 86.7 Å². The third-order valence-electron chi connectivity index (χ3n) is 6.48. The second-order valence-corrected chi connectivity index (χ2v) is 10.5. The smallest absolute Gasteiger partial charge is 0.414 e. The average molecular weight is 618 g/mol. The van der Waals surface area contributed by atoms with Gasteiger partial charge < -0.3 is 28.4 Å². The number of nitrogens with zero attached hydrogens (tertiary/aromatic N) is 1. The van der Waals surface area contributed by atoms with E-state index in [4.69, 9.17) is 28.4 Å². The molecule has 1 saturated heterocycles. The second kappa shape index (κ2) is 16.8. The molecule has 2 atom stereocenters. The molecule has 1 fully saturated rings. The first-order valence-electron chi connectivity index (χ1n) is 14.6. The highest BCUT2D eigenvalue weighted by Gasteiger charge is 2.31. The molecule has 1 aliphatic rings. The van der Waals surface area contributed by atoms with E-state index in [-0.39, 0.29) is 31.9 Å². The number of alkyl carbamates (subject to hydrolysis) is 2. The number of hydrogen-bond acceptors (Lipinski definition) is 9. The molecule has 3 aromatic carbocycles. The van der Waals surface area contributed by atoms with Crippen LogP contribution in [-0.2, 0) is 32.2 Å². The van der Waals surface area contributed by atoms with Crippen LogP contribution in [0.5, 0.6) is 11.5 Å². The third kappa shape index (κ3) is 12.0. The number of carbonyl (C=O) groups excluding carboxylic acids is 2. The Bertz CT molecular complexity index is 1350. The molecular weight excluding hydrogens is 578 g/mol. The molecular formula is C34H39N3O8. The van der Waals surface area contributed by atoms with Crippen molar-refractivity contribution < 1.29 is 38.0 Å². The molecule has 11 nitrogen and oxygen atoms in total. The summed E-state index contributed by atoms with van der Waals surface area (Å²) in [4.78, 5) is 30.2. The summed E-state index contributed by atoms with van der Waals surface area (Å²) in [6.07, 6.45) is 2.16. The number of rotatable bonds is 12. The minimum Gasteiger partial charge on any atom is -0.497 e. The number of methoxy groups -OCH3 is 1. The Morgan fingerprint density at radius 2 is 1.44 bits per heavy atom. The zero-order chi connectivity index (χ0) is 31.9. The third-order valence-corrected chi connectivity index (χ3v) is 6.48. The summed E-state index contributed by atoms with van der Waals surface area (Å²) in [6, 6.07) is 25.1. The van der Waals surface area contributed by atoms with Crippen LogP contribution in [0.2, 0.25) is 0 Å². The summed E-state index contributed by atoms with van der Waals surface area (Å²) in [5.74, 6) is 0.524. The van der Waals surface area contributed by atoms with Crippen LogP contribution in [-0.4, -0.2) is 56.4 Å². The standard InChI is InChI=1S/C34H39N3O8/c1-34(2)44-24-30(45-34)15-14-27(20-21-41-29-18-16-28(40-3)17-19-29)35-31(36-32(38)42-22-25-10-6-4-7-11-25)37-33(39)43-23-26-12-8-5-9-13-26/h4-19,27,30H,20-24H2,1-3H3,(H2,35,36,37,38,39)/b15-14+/t27-,30+/m1/s1. The normalized spacial score (nSPS) is 15.9. The number of nitrogens with one attached hydrogen (secondary N) is 2. The highest BCUT2D eigenvalue weighted by Crippen LogP contribution is 2.23. The fourth-order valence-corrected chi connectivity index (χ4v) is 4.21. The molecule has 3 aromatic rings. The van der Waals surface area contributed by atoms with Crippen molar-refractivity contribution in [3.05, 3.63) is 108 Å². The summed E-state index contributed by atoms with van der Waals surface area (Å²) in [6.45, 7) is 4.41. The second-order valence-electron chi connectivity index (χ2n) is 10.5. The first-order valence-corrected chi connectivity index (χ1v) is 14.6. The number of aliphatic imine (C=N–C) groups is 1. The van der Waals surface area contributed by atoms with Gasteiger partial charge in [0.2, 0.25) is 5.96 Å². The molecule has 2 N–H and O–H groups in total. The maximum atomic E-state index is 12.8. The molecule has 0 aliphatic carbocycles. The first kappa shape index (κ1) is 33.0. The summed E-state index contributed by atoms with van der Waals surface area (Å²) in [5, 5.41) is 5.08. The van der Waals surface area contributed by atoms with Gasteiger partial charge in [0.15, 0.2) is 5.79 Å². The lowest BCUT2D eigenvalue weighted by molar-refractivity contribution is -0.133. The number of hydrogen-bond donors (Lipinski definition) is 2. The van der Waals surface area contributed by atoms with Crippen LogP contribution in [0.15, 0.2) is 102 Å². The highest BCUT2D eigenvalue weighted by molar-refractivity contribution is 6.01. The van der Waals surface area contributed by atoms with Gasteiger partial charge in [0.1, 0.15) is 30.8 Å². The van der Waals surface area contributed by atoms with E-state index in [0.29, 0.717) is 18.8 Å². The van der Waals surface area contributed by atoms with Crippen LogP contribution in [0.25, 0.3) is 0 Å². The van der Waals surface area contributed by atoms with E-state index in [0.717, 1.165) is 16.9 Å². The zero-order valence-corrected chi connectivity index (χ0v) is 25.6. The monoisotopic (exact) mass is 617 g/mol. The van der Waals surface area contributed by atoms with Crippen molar-refractivity contribution in [2.24, 2.45) is 4.99 Å². The number of benzene rings is 3. The largest absolute Gasteiger partial charge is 0.497 e. The van der Waals surface area contributed by atoms with Crippen molar-refractivity contribution in [1.82, 2.24) is 10.6 Å². The summed E-state index contributed by atoms with van der Waals surface area (Å²) in [7, 11) is 1.60. The maximum absolute atomic E-state index is 12.8.